The molecular weight excluding hydrogens is 417 g/mol. The maximum absolute atomic E-state index is 11.4. The molecule has 0 saturated carbocycles. The Morgan fingerprint density at radius 1 is 1.33 bits per heavy atom. The summed E-state index contributed by atoms with van der Waals surface area (Å²) >= 11 is 13.3. The third kappa shape index (κ3) is 6.48. The van der Waals surface area contributed by atoms with Crippen molar-refractivity contribution >= 4 is 46.9 Å². The zero-order valence-corrected chi connectivity index (χ0v) is 16.8. The van der Waals surface area contributed by atoms with E-state index in [0.717, 1.165) is 4.90 Å². The molecule has 0 N–H and O–H groups in total. The predicted octanol–water partition coefficient (Wildman–Crippen LogP) is 4.37. The average molecular weight is 434 g/mol. The number of halogens is 2. The van der Waals surface area contributed by atoms with Crippen LogP contribution >= 0.6 is 35.0 Å². The molecule has 11 heteroatoms. The quantitative estimate of drug-likeness (QED) is 0.285. The zero-order valence-electron chi connectivity index (χ0n) is 14.5. The van der Waals surface area contributed by atoms with Crippen molar-refractivity contribution in [1.29, 1.82) is 0 Å². The molecule has 27 heavy (non-hydrogen) atoms. The number of esters is 2. The summed E-state index contributed by atoms with van der Waals surface area (Å²) in [6, 6.07) is 4.47. The molecule has 4 atom stereocenters. The predicted molar refractivity (Wildman–Crippen MR) is 101 cm³/mol. The smallest absolute Gasteiger partial charge is 0.303 e. The molecule has 0 aliphatic carbocycles. The van der Waals surface area contributed by atoms with Gasteiger partial charge in [-0.05, 0) is 30.2 Å². The standard InChI is InChI=1S/C16H17Cl2N3O5S/c1-8(22)24-7-14-16(25-9(2)23)13(20-21-19)6-15(26-14)27-10-3-4-11(17)12(18)5-10/h3-5,13-16H,6-7H2,1-2H3/t13?,14-,15-,16+/m1/s1. The second-order valence-electron chi connectivity index (χ2n) is 5.68. The van der Waals surface area contributed by atoms with Crippen LogP contribution in [0, 0.1) is 0 Å². The molecule has 1 heterocycles. The van der Waals surface area contributed by atoms with Crippen LogP contribution in [0.2, 0.25) is 10.0 Å². The monoisotopic (exact) mass is 433 g/mol. The minimum atomic E-state index is -0.858. The van der Waals surface area contributed by atoms with Gasteiger partial charge in [0.1, 0.15) is 24.3 Å². The number of hydrogen-bond donors (Lipinski definition) is 0. The van der Waals surface area contributed by atoms with Crippen LogP contribution in [-0.2, 0) is 23.8 Å². The zero-order chi connectivity index (χ0) is 20.0. The molecule has 1 aliphatic rings. The molecule has 0 radical (unpaired) electrons. The number of carbonyl (C=O) groups is 2. The van der Waals surface area contributed by atoms with E-state index in [-0.39, 0.29) is 6.61 Å². The van der Waals surface area contributed by atoms with Gasteiger partial charge in [0.2, 0.25) is 0 Å². The van der Waals surface area contributed by atoms with Crippen LogP contribution < -0.4 is 0 Å². The highest BCUT2D eigenvalue weighted by atomic mass is 35.5. The molecule has 0 aromatic heterocycles. The fourth-order valence-corrected chi connectivity index (χ4v) is 4.03. The summed E-state index contributed by atoms with van der Waals surface area (Å²) in [6.07, 6.45) is -1.34. The molecule has 0 bridgehead atoms. The molecule has 0 spiro atoms. The average Bonchev–Trinajstić information content (AvgIpc) is 2.58. The Bertz CT molecular complexity index is 760. The number of thioether (sulfide) groups is 1. The van der Waals surface area contributed by atoms with E-state index >= 15 is 0 Å². The number of benzene rings is 1. The molecule has 146 valence electrons. The molecular formula is C16H17Cl2N3O5S. The van der Waals surface area contributed by atoms with Gasteiger partial charge in [-0.25, -0.2) is 0 Å². The fraction of sp³-hybridized carbons (Fsp3) is 0.500. The van der Waals surface area contributed by atoms with Gasteiger partial charge in [0.15, 0.2) is 0 Å². The van der Waals surface area contributed by atoms with E-state index in [0.29, 0.717) is 16.5 Å². The number of azide groups is 1. The summed E-state index contributed by atoms with van der Waals surface area (Å²) in [5.74, 6) is -1.05. The first-order valence-corrected chi connectivity index (χ1v) is 9.55. The van der Waals surface area contributed by atoms with Gasteiger partial charge in [0, 0.05) is 23.7 Å². The number of nitrogens with zero attached hydrogens (tertiary/aromatic N) is 3. The van der Waals surface area contributed by atoms with Gasteiger partial charge in [-0.3, -0.25) is 9.59 Å². The van der Waals surface area contributed by atoms with E-state index in [4.69, 9.17) is 42.9 Å². The van der Waals surface area contributed by atoms with Crippen molar-refractivity contribution < 1.29 is 23.8 Å². The molecule has 1 unspecified atom stereocenters. The van der Waals surface area contributed by atoms with Crippen LogP contribution in [0.3, 0.4) is 0 Å². The Labute approximate surface area is 170 Å². The van der Waals surface area contributed by atoms with Gasteiger partial charge in [0.05, 0.1) is 16.1 Å². The number of ether oxygens (including phenoxy) is 3. The van der Waals surface area contributed by atoms with E-state index in [1.54, 1.807) is 18.2 Å². The lowest BCUT2D eigenvalue weighted by Gasteiger charge is -2.38. The van der Waals surface area contributed by atoms with Gasteiger partial charge in [-0.2, -0.15) is 0 Å². The van der Waals surface area contributed by atoms with Crippen LogP contribution in [0.25, 0.3) is 10.4 Å². The van der Waals surface area contributed by atoms with Crippen molar-refractivity contribution in [2.45, 2.75) is 48.8 Å². The van der Waals surface area contributed by atoms with Crippen molar-refractivity contribution in [1.82, 2.24) is 0 Å². The van der Waals surface area contributed by atoms with Crippen LogP contribution in [0.4, 0.5) is 0 Å². The maximum Gasteiger partial charge on any atom is 0.303 e. The Balaban J connectivity index is 2.21. The first-order chi connectivity index (χ1) is 12.8. The Hall–Kier alpha value is -1.64. The van der Waals surface area contributed by atoms with E-state index < -0.39 is 35.6 Å². The summed E-state index contributed by atoms with van der Waals surface area (Å²) in [4.78, 5) is 26.2. The lowest BCUT2D eigenvalue weighted by Crippen LogP contribution is -2.50. The maximum atomic E-state index is 11.4. The van der Waals surface area contributed by atoms with Gasteiger partial charge in [0.25, 0.3) is 0 Å². The van der Waals surface area contributed by atoms with Crippen LogP contribution in [-0.4, -0.2) is 42.2 Å². The summed E-state index contributed by atoms with van der Waals surface area (Å²) in [5, 5.41) is 4.57. The second kappa shape index (κ2) is 10.1. The summed E-state index contributed by atoms with van der Waals surface area (Å²) in [5.41, 5.74) is 8.43. The molecule has 1 aliphatic heterocycles. The van der Waals surface area contributed by atoms with Crippen LogP contribution in [0.1, 0.15) is 20.3 Å². The summed E-state index contributed by atoms with van der Waals surface area (Å²) in [7, 11) is 0. The van der Waals surface area contributed by atoms with E-state index in [1.807, 2.05) is 0 Å². The molecule has 1 saturated heterocycles. The Morgan fingerprint density at radius 2 is 2.07 bits per heavy atom. The van der Waals surface area contributed by atoms with Gasteiger partial charge >= 0.3 is 11.9 Å². The first-order valence-electron chi connectivity index (χ1n) is 7.92. The normalized spacial score (nSPS) is 24.6. The third-order valence-corrected chi connectivity index (χ3v) is 5.45. The molecule has 0 amide bonds. The van der Waals surface area contributed by atoms with Crippen LogP contribution in [0.15, 0.2) is 28.2 Å². The summed E-state index contributed by atoms with van der Waals surface area (Å²) in [6.45, 7) is 2.37. The SMILES string of the molecule is CC(=O)OC[C@H]1O[C@H](Sc2ccc(Cl)c(Cl)c2)CC(N=[N+]=[N-])[C@@H]1OC(C)=O. The lowest BCUT2D eigenvalue weighted by atomic mass is 10.0. The summed E-state index contributed by atoms with van der Waals surface area (Å²) < 4.78 is 16.2. The van der Waals surface area contributed by atoms with Crippen molar-refractivity contribution in [2.24, 2.45) is 5.11 Å². The lowest BCUT2D eigenvalue weighted by molar-refractivity contribution is -0.175. The highest BCUT2D eigenvalue weighted by Crippen LogP contribution is 2.37. The van der Waals surface area contributed by atoms with E-state index in [2.05, 4.69) is 10.0 Å². The molecule has 1 aromatic carbocycles. The fourth-order valence-electron chi connectivity index (χ4n) is 2.54. The van der Waals surface area contributed by atoms with Gasteiger partial charge in [-0.15, -0.1) is 0 Å². The van der Waals surface area contributed by atoms with Crippen molar-refractivity contribution in [3.63, 3.8) is 0 Å². The number of hydrogen-bond acceptors (Lipinski definition) is 7. The first kappa shape index (κ1) is 21.7. The van der Waals surface area contributed by atoms with E-state index in [1.165, 1.54) is 25.6 Å². The molecule has 2 rings (SSSR count). The van der Waals surface area contributed by atoms with Crippen molar-refractivity contribution in [2.75, 3.05) is 6.61 Å². The Morgan fingerprint density at radius 3 is 2.67 bits per heavy atom. The van der Waals surface area contributed by atoms with E-state index in [9.17, 15) is 9.59 Å². The number of carbonyl (C=O) groups excluding carboxylic acids is 2. The Kier molecular flexibility index (Phi) is 8.07. The number of rotatable bonds is 6. The van der Waals surface area contributed by atoms with Gasteiger partial charge < -0.3 is 14.2 Å². The topological polar surface area (TPSA) is 111 Å². The highest BCUT2D eigenvalue weighted by Gasteiger charge is 2.41. The molecule has 1 fully saturated rings. The van der Waals surface area contributed by atoms with Crippen molar-refractivity contribution in [3.05, 3.63) is 38.7 Å². The molecule has 1 aromatic rings. The van der Waals surface area contributed by atoms with Crippen LogP contribution in [0.5, 0.6) is 0 Å². The van der Waals surface area contributed by atoms with Crippen molar-refractivity contribution in [3.8, 4) is 0 Å². The largest absolute Gasteiger partial charge is 0.463 e. The minimum absolute atomic E-state index is 0.136. The molecule has 8 nitrogen and oxygen atoms in total. The highest BCUT2D eigenvalue weighted by molar-refractivity contribution is 7.99. The van der Waals surface area contributed by atoms with Gasteiger partial charge in [-0.1, -0.05) is 40.1 Å². The third-order valence-electron chi connectivity index (χ3n) is 3.62. The second-order valence-corrected chi connectivity index (χ2v) is 7.73. The minimum Gasteiger partial charge on any atom is -0.463 e.